The molecule has 1 amide bonds. The third-order valence-corrected chi connectivity index (χ3v) is 8.05. The SMILES string of the molecule is Cc1nc(-c2cc(S(=O)(=O)Nc3ccc(F)cc3)c(C)n2C)sc1C(=O)N1CCOCC1. The van der Waals surface area contributed by atoms with E-state index >= 15 is 0 Å². The molecule has 4 rings (SSSR count). The maximum atomic E-state index is 13.1. The summed E-state index contributed by atoms with van der Waals surface area (Å²) >= 11 is 1.25. The third kappa shape index (κ3) is 4.27. The number of ether oxygens (including phenoxy) is 1. The zero-order valence-corrected chi connectivity index (χ0v) is 19.5. The number of aryl methyl sites for hydroxylation is 1. The number of benzene rings is 1. The van der Waals surface area contributed by atoms with Crippen molar-refractivity contribution < 1.29 is 22.3 Å². The fourth-order valence-electron chi connectivity index (χ4n) is 3.49. The Bertz CT molecular complexity index is 1260. The van der Waals surface area contributed by atoms with Gasteiger partial charge >= 0.3 is 0 Å². The van der Waals surface area contributed by atoms with E-state index in [0.717, 1.165) is 0 Å². The van der Waals surface area contributed by atoms with Crippen LogP contribution in [0, 0.1) is 19.7 Å². The molecule has 1 saturated heterocycles. The summed E-state index contributed by atoms with van der Waals surface area (Å²) in [6.45, 7) is 5.56. The normalized spacial score (nSPS) is 14.6. The molecule has 1 N–H and O–H groups in total. The van der Waals surface area contributed by atoms with Gasteiger partial charge < -0.3 is 14.2 Å². The van der Waals surface area contributed by atoms with Crippen molar-refractivity contribution in [3.8, 4) is 10.7 Å². The van der Waals surface area contributed by atoms with Gasteiger partial charge in [0.2, 0.25) is 0 Å². The number of nitrogens with one attached hydrogen (secondary N) is 1. The lowest BCUT2D eigenvalue weighted by Gasteiger charge is -2.26. The van der Waals surface area contributed by atoms with Gasteiger partial charge in [-0.1, -0.05) is 0 Å². The molecule has 32 heavy (non-hydrogen) atoms. The van der Waals surface area contributed by atoms with E-state index in [9.17, 15) is 17.6 Å². The molecule has 170 valence electrons. The third-order valence-electron chi connectivity index (χ3n) is 5.38. The molecule has 0 atom stereocenters. The number of rotatable bonds is 5. The molecule has 0 saturated carbocycles. The Kier molecular flexibility index (Phi) is 6.06. The quantitative estimate of drug-likeness (QED) is 0.608. The standard InChI is InChI=1S/C21H23FN4O4S2/c1-13-19(21(27)26-8-10-30-11-9-26)31-20(23-13)17-12-18(14(2)25(17)3)32(28,29)24-16-6-4-15(22)5-7-16/h4-7,12,24H,8-11H2,1-3H3. The van der Waals surface area contributed by atoms with Crippen LogP contribution in [-0.2, 0) is 21.8 Å². The second-order valence-corrected chi connectivity index (χ2v) is 10.1. The van der Waals surface area contributed by atoms with E-state index in [0.29, 0.717) is 53.3 Å². The number of morpholine rings is 1. The Morgan fingerprint density at radius 3 is 2.50 bits per heavy atom. The Morgan fingerprint density at radius 1 is 1.19 bits per heavy atom. The van der Waals surface area contributed by atoms with Crippen molar-refractivity contribution in [2.45, 2.75) is 18.7 Å². The van der Waals surface area contributed by atoms with Crippen LogP contribution in [0.4, 0.5) is 10.1 Å². The molecule has 0 aliphatic carbocycles. The zero-order chi connectivity index (χ0) is 23.0. The molecule has 3 heterocycles. The molecule has 0 radical (unpaired) electrons. The average Bonchev–Trinajstić information content (AvgIpc) is 3.30. The van der Waals surface area contributed by atoms with E-state index in [2.05, 4.69) is 9.71 Å². The van der Waals surface area contributed by atoms with Gasteiger partial charge in [-0.05, 0) is 44.2 Å². The highest BCUT2D eigenvalue weighted by Crippen LogP contribution is 2.33. The van der Waals surface area contributed by atoms with Crippen LogP contribution in [0.1, 0.15) is 21.1 Å². The van der Waals surface area contributed by atoms with Crippen LogP contribution >= 0.6 is 11.3 Å². The molecule has 1 fully saturated rings. The summed E-state index contributed by atoms with van der Waals surface area (Å²) in [5.41, 5.74) is 1.98. The number of amides is 1. The van der Waals surface area contributed by atoms with Crippen LogP contribution in [0.5, 0.6) is 0 Å². The summed E-state index contributed by atoms with van der Waals surface area (Å²) in [4.78, 5) is 19.8. The summed E-state index contributed by atoms with van der Waals surface area (Å²) < 4.78 is 48.6. The monoisotopic (exact) mass is 478 g/mol. The summed E-state index contributed by atoms with van der Waals surface area (Å²) in [5.74, 6) is -0.543. The number of nitrogens with zero attached hydrogens (tertiary/aromatic N) is 3. The smallest absolute Gasteiger partial charge is 0.266 e. The largest absolute Gasteiger partial charge is 0.378 e. The topological polar surface area (TPSA) is 93.5 Å². The summed E-state index contributed by atoms with van der Waals surface area (Å²) in [7, 11) is -2.16. The van der Waals surface area contributed by atoms with E-state index in [4.69, 9.17) is 4.74 Å². The second kappa shape index (κ2) is 8.64. The molecule has 1 aliphatic heterocycles. The molecule has 1 aliphatic rings. The van der Waals surface area contributed by atoms with Gasteiger partial charge in [-0.3, -0.25) is 9.52 Å². The summed E-state index contributed by atoms with van der Waals surface area (Å²) in [6, 6.07) is 6.64. The highest BCUT2D eigenvalue weighted by molar-refractivity contribution is 7.92. The number of thiazole rings is 1. The van der Waals surface area contributed by atoms with Crippen LogP contribution in [0.15, 0.2) is 35.2 Å². The summed E-state index contributed by atoms with van der Waals surface area (Å²) in [5, 5.41) is 0.563. The minimum atomic E-state index is -3.91. The van der Waals surface area contributed by atoms with Crippen molar-refractivity contribution in [2.24, 2.45) is 7.05 Å². The highest BCUT2D eigenvalue weighted by Gasteiger charge is 2.27. The molecule has 11 heteroatoms. The van der Waals surface area contributed by atoms with Gasteiger partial charge in [0.25, 0.3) is 15.9 Å². The van der Waals surface area contributed by atoms with Gasteiger partial charge in [-0.15, -0.1) is 11.3 Å². The molecule has 2 aromatic heterocycles. The van der Waals surface area contributed by atoms with Crippen molar-refractivity contribution in [1.82, 2.24) is 14.5 Å². The van der Waals surface area contributed by atoms with Gasteiger partial charge in [-0.25, -0.2) is 17.8 Å². The molecular weight excluding hydrogens is 455 g/mol. The first kappa shape index (κ1) is 22.4. The van der Waals surface area contributed by atoms with Crippen molar-refractivity contribution in [2.75, 3.05) is 31.0 Å². The molecular formula is C21H23FN4O4S2. The number of hydrogen-bond acceptors (Lipinski definition) is 6. The lowest BCUT2D eigenvalue weighted by Crippen LogP contribution is -2.40. The van der Waals surface area contributed by atoms with Crippen molar-refractivity contribution in [3.63, 3.8) is 0 Å². The lowest BCUT2D eigenvalue weighted by atomic mass is 10.3. The van der Waals surface area contributed by atoms with Crippen LogP contribution in [-0.4, -0.2) is 55.1 Å². The number of anilines is 1. The molecule has 1 aromatic carbocycles. The molecule has 8 nitrogen and oxygen atoms in total. The maximum absolute atomic E-state index is 13.1. The summed E-state index contributed by atoms with van der Waals surface area (Å²) in [6.07, 6.45) is 0. The number of halogens is 1. The van der Waals surface area contributed by atoms with Gasteiger partial charge in [0.05, 0.1) is 24.6 Å². The minimum absolute atomic E-state index is 0.0910. The Labute approximate surface area is 189 Å². The number of carbonyl (C=O) groups is 1. The number of carbonyl (C=O) groups excluding carboxylic acids is 1. The Morgan fingerprint density at radius 2 is 1.84 bits per heavy atom. The first-order chi connectivity index (χ1) is 15.2. The molecule has 0 unspecified atom stereocenters. The zero-order valence-electron chi connectivity index (χ0n) is 17.9. The van der Waals surface area contributed by atoms with E-state index in [1.807, 2.05) is 0 Å². The Balaban J connectivity index is 1.65. The van der Waals surface area contributed by atoms with Gasteiger partial charge in [0.15, 0.2) is 0 Å². The molecule has 3 aromatic rings. The first-order valence-corrected chi connectivity index (χ1v) is 12.3. The van der Waals surface area contributed by atoms with E-state index in [-0.39, 0.29) is 16.5 Å². The predicted molar refractivity (Wildman–Crippen MR) is 120 cm³/mol. The van der Waals surface area contributed by atoms with Crippen molar-refractivity contribution in [1.29, 1.82) is 0 Å². The van der Waals surface area contributed by atoms with Crippen molar-refractivity contribution in [3.05, 3.63) is 52.4 Å². The van der Waals surface area contributed by atoms with Crippen LogP contribution in [0.25, 0.3) is 10.7 Å². The van der Waals surface area contributed by atoms with E-state index in [1.165, 1.54) is 35.6 Å². The van der Waals surface area contributed by atoms with E-state index in [1.54, 1.807) is 36.4 Å². The first-order valence-electron chi connectivity index (χ1n) is 9.97. The second-order valence-electron chi connectivity index (χ2n) is 7.49. The van der Waals surface area contributed by atoms with Gasteiger partial charge in [0.1, 0.15) is 20.6 Å². The van der Waals surface area contributed by atoms with Gasteiger partial charge in [0, 0.05) is 31.5 Å². The Hall–Kier alpha value is -2.76. The highest BCUT2D eigenvalue weighted by atomic mass is 32.2. The lowest BCUT2D eigenvalue weighted by molar-refractivity contribution is 0.0305. The van der Waals surface area contributed by atoms with Crippen molar-refractivity contribution >= 4 is 33.0 Å². The molecule has 0 bridgehead atoms. The van der Waals surface area contributed by atoms with Crippen LogP contribution < -0.4 is 4.72 Å². The fourth-order valence-corrected chi connectivity index (χ4v) is 5.93. The average molecular weight is 479 g/mol. The fraction of sp³-hybridized carbons (Fsp3) is 0.333. The minimum Gasteiger partial charge on any atom is -0.378 e. The predicted octanol–water partition coefficient (Wildman–Crippen LogP) is 3.18. The number of hydrogen-bond donors (Lipinski definition) is 1. The van der Waals surface area contributed by atoms with Crippen LogP contribution in [0.3, 0.4) is 0 Å². The van der Waals surface area contributed by atoms with Crippen LogP contribution in [0.2, 0.25) is 0 Å². The number of aromatic nitrogens is 2. The van der Waals surface area contributed by atoms with E-state index < -0.39 is 15.8 Å². The maximum Gasteiger partial charge on any atom is 0.266 e. The molecule has 0 spiro atoms. The van der Waals surface area contributed by atoms with Gasteiger partial charge in [-0.2, -0.15) is 0 Å². The number of sulfonamides is 1.